The maximum atomic E-state index is 16.5. The van der Waals surface area contributed by atoms with Crippen LogP contribution in [-0.4, -0.2) is 105 Å². The lowest BCUT2D eigenvalue weighted by Crippen LogP contribution is -2.57. The molecular formula is C53H54N4O13. The SMILES string of the molecule is C=CCNC(=O)[C@H]1[C@@H]2C(=O)O[C@@H](c3ccccc3)[C@@H](c3ccccc3)N2[C@@H](c2ccc(OCCO)cc2)[C@]12C(=O)N(C(=O)N[C@H](C(=O)OC)C(C)C)c1ccc(C#CCC(C(=O)OC)C(=O)OC)cc12. The Bertz CT molecular complexity index is 2690. The van der Waals surface area contributed by atoms with E-state index in [4.69, 9.17) is 23.7 Å². The van der Waals surface area contributed by atoms with E-state index in [-0.39, 0.29) is 43.0 Å². The number of carbonyl (C=O) groups is 7. The summed E-state index contributed by atoms with van der Waals surface area (Å²) < 4.78 is 26.9. The van der Waals surface area contributed by atoms with Gasteiger partial charge in [0, 0.05) is 18.5 Å². The van der Waals surface area contributed by atoms with Crippen LogP contribution in [0.3, 0.4) is 0 Å². The summed E-state index contributed by atoms with van der Waals surface area (Å²) in [5.41, 5.74) is -0.0967. The number of benzene rings is 4. The molecule has 1 spiro atoms. The van der Waals surface area contributed by atoms with E-state index >= 15 is 14.4 Å². The third-order valence-corrected chi connectivity index (χ3v) is 12.8. The van der Waals surface area contributed by atoms with Crippen LogP contribution in [0.2, 0.25) is 0 Å². The minimum Gasteiger partial charge on any atom is -0.491 e. The van der Waals surface area contributed by atoms with Gasteiger partial charge < -0.3 is 39.4 Å². The number of hydrogen-bond acceptors (Lipinski definition) is 14. The van der Waals surface area contributed by atoms with Gasteiger partial charge in [0.1, 0.15) is 36.0 Å². The molecule has 364 valence electrons. The Labute approximate surface area is 405 Å². The highest BCUT2D eigenvalue weighted by Gasteiger charge is 2.75. The van der Waals surface area contributed by atoms with Crippen molar-refractivity contribution >= 4 is 47.4 Å². The highest BCUT2D eigenvalue weighted by atomic mass is 16.6. The Balaban J connectivity index is 1.57. The first-order valence-corrected chi connectivity index (χ1v) is 22.6. The first-order valence-electron chi connectivity index (χ1n) is 22.6. The van der Waals surface area contributed by atoms with Gasteiger partial charge in [-0.2, -0.15) is 0 Å². The Morgan fingerprint density at radius 3 is 2.04 bits per heavy atom. The molecule has 0 unspecified atom stereocenters. The molecule has 3 heterocycles. The predicted molar refractivity (Wildman–Crippen MR) is 252 cm³/mol. The Kier molecular flexibility index (Phi) is 15.5. The number of nitrogens with zero attached hydrogens (tertiary/aromatic N) is 2. The van der Waals surface area contributed by atoms with Crippen LogP contribution in [-0.2, 0) is 53.1 Å². The average molecular weight is 955 g/mol. The van der Waals surface area contributed by atoms with Crippen LogP contribution in [0.1, 0.15) is 66.3 Å². The summed E-state index contributed by atoms with van der Waals surface area (Å²) >= 11 is 0. The van der Waals surface area contributed by atoms with Crippen LogP contribution in [0.4, 0.5) is 10.5 Å². The van der Waals surface area contributed by atoms with Crippen molar-refractivity contribution in [3.8, 4) is 17.6 Å². The number of morpholine rings is 1. The maximum Gasteiger partial charge on any atom is 0.329 e. The fraction of sp³-hybridized carbons (Fsp3) is 0.340. The summed E-state index contributed by atoms with van der Waals surface area (Å²) in [6.07, 6.45) is 0.135. The number of nitrogens with one attached hydrogen (secondary N) is 2. The van der Waals surface area contributed by atoms with Crippen molar-refractivity contribution in [2.24, 2.45) is 17.8 Å². The number of carbonyl (C=O) groups excluding carboxylic acids is 7. The molecule has 0 radical (unpaired) electrons. The molecule has 0 bridgehead atoms. The summed E-state index contributed by atoms with van der Waals surface area (Å²) in [5, 5.41) is 15.1. The quantitative estimate of drug-likeness (QED) is 0.0487. The summed E-state index contributed by atoms with van der Waals surface area (Å²) in [6.45, 7) is 6.81. The van der Waals surface area contributed by atoms with Gasteiger partial charge in [0.2, 0.25) is 11.8 Å². The molecule has 7 rings (SSSR count). The summed E-state index contributed by atoms with van der Waals surface area (Å²) in [5.74, 6) is -2.31. The highest BCUT2D eigenvalue weighted by molar-refractivity contribution is 6.25. The number of amides is 4. The van der Waals surface area contributed by atoms with Gasteiger partial charge in [0.05, 0.1) is 51.6 Å². The van der Waals surface area contributed by atoms with Crippen LogP contribution in [0, 0.1) is 29.6 Å². The Morgan fingerprint density at radius 2 is 1.46 bits per heavy atom. The summed E-state index contributed by atoms with van der Waals surface area (Å²) in [7, 11) is 3.43. The first kappa shape index (κ1) is 50.1. The van der Waals surface area contributed by atoms with E-state index in [0.717, 1.165) is 19.1 Å². The smallest absolute Gasteiger partial charge is 0.329 e. The normalized spacial score (nSPS) is 21.7. The number of aliphatic hydroxyl groups excluding tert-OH is 1. The number of imide groups is 1. The zero-order valence-corrected chi connectivity index (χ0v) is 39.3. The number of urea groups is 1. The molecular weight excluding hydrogens is 901 g/mol. The lowest BCUT2D eigenvalue weighted by Gasteiger charge is -2.46. The van der Waals surface area contributed by atoms with Gasteiger partial charge in [0.15, 0.2) is 5.92 Å². The molecule has 17 heteroatoms. The molecule has 2 saturated heterocycles. The van der Waals surface area contributed by atoms with Crippen molar-refractivity contribution in [2.75, 3.05) is 46.0 Å². The van der Waals surface area contributed by atoms with Gasteiger partial charge in [-0.25, -0.2) is 14.5 Å². The van der Waals surface area contributed by atoms with E-state index in [1.807, 2.05) is 65.6 Å². The van der Waals surface area contributed by atoms with Gasteiger partial charge in [-0.3, -0.25) is 28.9 Å². The number of aliphatic hydroxyl groups is 1. The number of cyclic esters (lactones) is 1. The van der Waals surface area contributed by atoms with Gasteiger partial charge in [0.25, 0.3) is 0 Å². The van der Waals surface area contributed by atoms with Crippen LogP contribution >= 0.6 is 0 Å². The van der Waals surface area contributed by atoms with Gasteiger partial charge in [-0.05, 0) is 58.5 Å². The van der Waals surface area contributed by atoms with Crippen LogP contribution in [0.5, 0.6) is 5.75 Å². The van der Waals surface area contributed by atoms with E-state index < -0.39 is 95.2 Å². The second-order valence-corrected chi connectivity index (χ2v) is 17.1. The van der Waals surface area contributed by atoms with Gasteiger partial charge >= 0.3 is 29.9 Å². The standard InChI is InChI=1S/C53H54N4O13/c1-7-27-54-46(59)40-43-50(63)70-44(34-18-12-9-13-19-34)42(33-16-10-8-11-17-33)57(43)45(35-22-24-36(25-23-35)69-29-28-58)53(40)38-30-32(15-14-20-37(47(60)66-4)48(61)67-5)21-26-39(38)56(51(53)64)52(65)55-41(31(2)3)49(62)68-6/h7-13,16-19,21-26,30-31,37,40-45,58H,1,20,27-29H2,2-6H3,(H,54,59)(H,55,65)/t40-,41+,42-,43-,44+,45+,53-/m1/s1. The number of fused-ring (bicyclic) bond motifs is 3. The molecule has 4 aromatic carbocycles. The highest BCUT2D eigenvalue weighted by Crippen LogP contribution is 2.66. The van der Waals surface area contributed by atoms with E-state index in [0.29, 0.717) is 22.4 Å². The number of hydrogen-bond donors (Lipinski definition) is 3. The molecule has 70 heavy (non-hydrogen) atoms. The third-order valence-electron chi connectivity index (χ3n) is 12.8. The Hall–Kier alpha value is -7.81. The number of ether oxygens (including phenoxy) is 5. The average Bonchev–Trinajstić information content (AvgIpc) is 3.83. The van der Waals surface area contributed by atoms with Gasteiger partial charge in [-0.15, -0.1) is 6.58 Å². The lowest BCUT2D eigenvalue weighted by atomic mass is 9.65. The monoisotopic (exact) mass is 954 g/mol. The molecule has 3 aliphatic rings. The van der Waals surface area contributed by atoms with Gasteiger partial charge in [-0.1, -0.05) is 105 Å². The zero-order valence-electron chi connectivity index (χ0n) is 39.3. The molecule has 0 aliphatic carbocycles. The van der Waals surface area contributed by atoms with E-state index in [2.05, 4.69) is 29.1 Å². The predicted octanol–water partition coefficient (Wildman–Crippen LogP) is 4.64. The molecule has 0 saturated carbocycles. The fourth-order valence-electron chi connectivity index (χ4n) is 9.80. The van der Waals surface area contributed by atoms with Crippen molar-refractivity contribution in [3.05, 3.63) is 144 Å². The molecule has 17 nitrogen and oxygen atoms in total. The van der Waals surface area contributed by atoms with Crippen molar-refractivity contribution < 1.29 is 62.4 Å². The van der Waals surface area contributed by atoms with Crippen LogP contribution < -0.4 is 20.3 Å². The maximum absolute atomic E-state index is 16.5. The number of rotatable bonds is 15. The molecule has 3 aliphatic heterocycles. The number of anilines is 1. The van der Waals surface area contributed by atoms with E-state index in [1.54, 1.807) is 44.2 Å². The molecule has 4 amide bonds. The van der Waals surface area contributed by atoms with Crippen molar-refractivity contribution in [1.82, 2.24) is 15.5 Å². The second kappa shape index (κ2) is 21.6. The minimum atomic E-state index is -2.19. The van der Waals surface area contributed by atoms with Crippen molar-refractivity contribution in [1.29, 1.82) is 0 Å². The Morgan fingerprint density at radius 1 is 0.829 bits per heavy atom. The topological polar surface area (TPSA) is 216 Å². The summed E-state index contributed by atoms with van der Waals surface area (Å²) in [4.78, 5) is 103. The summed E-state index contributed by atoms with van der Waals surface area (Å²) in [6, 6.07) is 23.6. The molecule has 0 aromatic heterocycles. The molecule has 7 atom stereocenters. The van der Waals surface area contributed by atoms with E-state index in [9.17, 15) is 24.3 Å². The number of esters is 4. The van der Waals surface area contributed by atoms with Crippen LogP contribution in [0.25, 0.3) is 0 Å². The minimum absolute atomic E-state index is 0.0147. The second-order valence-electron chi connectivity index (χ2n) is 17.1. The number of methoxy groups -OCH3 is 3. The molecule has 2 fully saturated rings. The lowest BCUT2D eigenvalue weighted by molar-refractivity contribution is -0.178. The molecule has 3 N–H and O–H groups in total. The fourth-order valence-corrected chi connectivity index (χ4v) is 9.80. The van der Waals surface area contributed by atoms with E-state index in [1.165, 1.54) is 25.3 Å². The molecule has 4 aromatic rings. The van der Waals surface area contributed by atoms with Crippen molar-refractivity contribution in [3.63, 3.8) is 0 Å². The third kappa shape index (κ3) is 9.23. The largest absolute Gasteiger partial charge is 0.491 e. The van der Waals surface area contributed by atoms with Crippen LogP contribution in [0.15, 0.2) is 116 Å². The zero-order chi connectivity index (χ0) is 50.3. The first-order chi connectivity index (χ1) is 33.8. The van der Waals surface area contributed by atoms with Crippen molar-refractivity contribution in [2.45, 2.75) is 56.0 Å².